The van der Waals surface area contributed by atoms with Gasteiger partial charge < -0.3 is 19.6 Å². The highest BCUT2D eigenvalue weighted by Gasteiger charge is 2.30. The Bertz CT molecular complexity index is 663. The Labute approximate surface area is 147 Å². The van der Waals surface area contributed by atoms with Crippen molar-refractivity contribution in [3.8, 4) is 11.5 Å². The molecule has 1 aromatic carbocycles. The maximum Gasteiger partial charge on any atom is 0.141 e. The fourth-order valence-electron chi connectivity index (χ4n) is 3.07. The maximum absolute atomic E-state index is 11.8. The van der Waals surface area contributed by atoms with Crippen LogP contribution in [0.2, 0.25) is 0 Å². The van der Waals surface area contributed by atoms with Crippen LogP contribution in [0.25, 0.3) is 0 Å². The van der Waals surface area contributed by atoms with Gasteiger partial charge in [-0.1, -0.05) is 12.1 Å². The van der Waals surface area contributed by atoms with Crippen molar-refractivity contribution in [3.63, 3.8) is 0 Å². The highest BCUT2D eigenvalue weighted by molar-refractivity contribution is 5.62. The number of hydrogen-bond acceptors (Lipinski definition) is 6. The number of rotatable bonds is 7. The zero-order valence-corrected chi connectivity index (χ0v) is 14.3. The fourth-order valence-corrected chi connectivity index (χ4v) is 3.07. The highest BCUT2D eigenvalue weighted by Crippen LogP contribution is 2.24. The minimum Gasteiger partial charge on any atom is -0.497 e. The largest absolute Gasteiger partial charge is 0.497 e. The van der Waals surface area contributed by atoms with Gasteiger partial charge in [-0.15, -0.1) is 0 Å². The van der Waals surface area contributed by atoms with Gasteiger partial charge in [-0.3, -0.25) is 9.88 Å². The molecule has 0 saturated carbocycles. The lowest BCUT2D eigenvalue weighted by Gasteiger charge is -2.39. The number of ether oxygens (including phenoxy) is 2. The molecule has 0 amide bonds. The molecule has 0 bridgehead atoms. The van der Waals surface area contributed by atoms with Crippen molar-refractivity contribution in [3.05, 3.63) is 54.4 Å². The molecule has 1 saturated heterocycles. The van der Waals surface area contributed by atoms with E-state index >= 15 is 0 Å². The van der Waals surface area contributed by atoms with E-state index in [9.17, 15) is 4.79 Å². The molecule has 0 spiro atoms. The summed E-state index contributed by atoms with van der Waals surface area (Å²) in [4.78, 5) is 18.1. The van der Waals surface area contributed by atoms with Crippen molar-refractivity contribution in [2.75, 3.05) is 33.4 Å². The Balaban J connectivity index is 1.72. The molecule has 0 aliphatic carbocycles. The molecular weight excluding hydrogens is 318 g/mol. The zero-order valence-electron chi connectivity index (χ0n) is 14.3. The first-order valence-electron chi connectivity index (χ1n) is 8.40. The fraction of sp³-hybridized carbons (Fsp3) is 0.368. The van der Waals surface area contributed by atoms with E-state index in [2.05, 4.69) is 15.2 Å². The van der Waals surface area contributed by atoms with E-state index in [4.69, 9.17) is 9.47 Å². The van der Waals surface area contributed by atoms with Gasteiger partial charge in [0.1, 0.15) is 24.4 Å². The second kappa shape index (κ2) is 8.60. The van der Waals surface area contributed by atoms with Crippen molar-refractivity contribution in [1.29, 1.82) is 0 Å². The summed E-state index contributed by atoms with van der Waals surface area (Å²) < 4.78 is 11.1. The van der Waals surface area contributed by atoms with Crippen molar-refractivity contribution < 1.29 is 14.3 Å². The van der Waals surface area contributed by atoms with Gasteiger partial charge in [0.15, 0.2) is 0 Å². The molecule has 2 atom stereocenters. The molecule has 0 radical (unpaired) electrons. The van der Waals surface area contributed by atoms with Gasteiger partial charge in [-0.2, -0.15) is 0 Å². The number of aldehydes is 1. The normalized spacial score (nSPS) is 19.2. The summed E-state index contributed by atoms with van der Waals surface area (Å²) in [7, 11) is 1.63. The lowest BCUT2D eigenvalue weighted by atomic mass is 10.0. The Hall–Kier alpha value is -2.44. The van der Waals surface area contributed by atoms with Gasteiger partial charge in [0.25, 0.3) is 0 Å². The molecule has 6 heteroatoms. The number of nitrogens with zero attached hydrogens (tertiary/aromatic N) is 2. The van der Waals surface area contributed by atoms with Crippen LogP contribution in [0, 0.1) is 0 Å². The van der Waals surface area contributed by atoms with E-state index in [0.29, 0.717) is 6.61 Å². The van der Waals surface area contributed by atoms with Crippen LogP contribution in [0.15, 0.2) is 48.8 Å². The summed E-state index contributed by atoms with van der Waals surface area (Å²) >= 11 is 0. The summed E-state index contributed by atoms with van der Waals surface area (Å²) in [6, 6.07) is 11.2. The molecule has 2 heterocycles. The van der Waals surface area contributed by atoms with Crippen molar-refractivity contribution in [1.82, 2.24) is 15.2 Å². The summed E-state index contributed by atoms with van der Waals surface area (Å²) in [6.45, 7) is 2.92. The Morgan fingerprint density at radius 2 is 2.16 bits per heavy atom. The van der Waals surface area contributed by atoms with Crippen LogP contribution in [0.4, 0.5) is 0 Å². The van der Waals surface area contributed by atoms with Crippen LogP contribution in [-0.4, -0.2) is 55.6 Å². The molecule has 1 fully saturated rings. The number of piperazine rings is 1. The summed E-state index contributed by atoms with van der Waals surface area (Å²) in [6.07, 6.45) is 4.42. The Morgan fingerprint density at radius 1 is 1.32 bits per heavy atom. The number of pyridine rings is 1. The minimum absolute atomic E-state index is 0.103. The van der Waals surface area contributed by atoms with Gasteiger partial charge in [-0.05, 0) is 29.8 Å². The average molecular weight is 341 g/mol. The molecule has 2 unspecified atom stereocenters. The van der Waals surface area contributed by atoms with Gasteiger partial charge in [0, 0.05) is 25.8 Å². The Kier molecular flexibility index (Phi) is 5.98. The van der Waals surface area contributed by atoms with E-state index < -0.39 is 0 Å². The lowest BCUT2D eigenvalue weighted by molar-refractivity contribution is -0.114. The third kappa shape index (κ3) is 4.35. The van der Waals surface area contributed by atoms with Gasteiger partial charge in [-0.25, -0.2) is 0 Å². The lowest BCUT2D eigenvalue weighted by Crippen LogP contribution is -2.55. The maximum atomic E-state index is 11.8. The number of hydrogen-bond donors (Lipinski definition) is 1. The third-order valence-electron chi connectivity index (χ3n) is 4.42. The summed E-state index contributed by atoms with van der Waals surface area (Å²) in [5.74, 6) is 1.52. The summed E-state index contributed by atoms with van der Waals surface area (Å²) in [5.41, 5.74) is 0.962. The predicted molar refractivity (Wildman–Crippen MR) is 94.9 cm³/mol. The topological polar surface area (TPSA) is 63.7 Å². The smallest absolute Gasteiger partial charge is 0.141 e. The number of nitrogens with one attached hydrogen (secondary N) is 1. The van der Waals surface area contributed by atoms with Crippen LogP contribution >= 0.6 is 0 Å². The van der Waals surface area contributed by atoms with E-state index in [0.717, 1.165) is 43.0 Å². The van der Waals surface area contributed by atoms with E-state index in [1.165, 1.54) is 0 Å². The van der Waals surface area contributed by atoms with E-state index in [-0.39, 0.29) is 12.1 Å². The first-order chi connectivity index (χ1) is 12.3. The van der Waals surface area contributed by atoms with Crippen LogP contribution < -0.4 is 14.8 Å². The first kappa shape index (κ1) is 17.4. The molecule has 1 aliphatic heterocycles. The molecule has 6 nitrogen and oxygen atoms in total. The summed E-state index contributed by atoms with van der Waals surface area (Å²) in [5, 5.41) is 3.38. The number of methoxy groups -OCH3 is 1. The highest BCUT2D eigenvalue weighted by atomic mass is 16.5. The number of aromatic nitrogens is 1. The van der Waals surface area contributed by atoms with Crippen LogP contribution in [0.1, 0.15) is 11.6 Å². The van der Waals surface area contributed by atoms with E-state index in [1.54, 1.807) is 19.5 Å². The van der Waals surface area contributed by atoms with Gasteiger partial charge in [0.05, 0.1) is 25.4 Å². The molecule has 1 aliphatic rings. The SMILES string of the molecule is COc1ccc(C(C=O)N2CCNCC2COc2cccnc2)cc1. The van der Waals surface area contributed by atoms with Crippen molar-refractivity contribution in [2.45, 2.75) is 12.1 Å². The van der Waals surface area contributed by atoms with Crippen LogP contribution in [-0.2, 0) is 4.79 Å². The minimum atomic E-state index is -0.296. The van der Waals surface area contributed by atoms with Crippen LogP contribution in [0.3, 0.4) is 0 Å². The number of carbonyl (C=O) groups is 1. The second-order valence-corrected chi connectivity index (χ2v) is 5.95. The zero-order chi connectivity index (χ0) is 17.5. The third-order valence-corrected chi connectivity index (χ3v) is 4.42. The first-order valence-corrected chi connectivity index (χ1v) is 8.40. The second-order valence-electron chi connectivity index (χ2n) is 5.95. The number of carbonyl (C=O) groups excluding carboxylic acids is 1. The van der Waals surface area contributed by atoms with Crippen molar-refractivity contribution in [2.24, 2.45) is 0 Å². The molecule has 132 valence electrons. The van der Waals surface area contributed by atoms with Crippen molar-refractivity contribution >= 4 is 6.29 Å². The van der Waals surface area contributed by atoms with Gasteiger partial charge in [0.2, 0.25) is 0 Å². The quantitative estimate of drug-likeness (QED) is 0.773. The number of benzene rings is 1. The molecule has 1 N–H and O–H groups in total. The molecule has 25 heavy (non-hydrogen) atoms. The molecule has 3 rings (SSSR count). The average Bonchev–Trinajstić information content (AvgIpc) is 2.69. The molecular formula is C19H23N3O3. The Morgan fingerprint density at radius 3 is 2.84 bits per heavy atom. The predicted octanol–water partition coefficient (Wildman–Crippen LogP) is 1.68. The van der Waals surface area contributed by atoms with Gasteiger partial charge >= 0.3 is 0 Å². The molecule has 1 aromatic heterocycles. The van der Waals surface area contributed by atoms with E-state index in [1.807, 2.05) is 36.4 Å². The monoisotopic (exact) mass is 341 g/mol. The van der Waals surface area contributed by atoms with Crippen LogP contribution in [0.5, 0.6) is 11.5 Å². The molecule has 2 aromatic rings. The standard InChI is InChI=1S/C19H23N3O3/c1-24-17-6-4-15(5-7-17)19(13-23)22-10-9-21-11-16(22)14-25-18-3-2-8-20-12-18/h2-8,12-13,16,19,21H,9-11,14H2,1H3.